The lowest BCUT2D eigenvalue weighted by Crippen LogP contribution is -1.95. The van der Waals surface area contributed by atoms with E-state index in [9.17, 15) is 14.3 Å². The van der Waals surface area contributed by atoms with Gasteiger partial charge >= 0.3 is 5.97 Å². The number of rotatable bonds is 3. The highest BCUT2D eigenvalue weighted by atomic mass is 19.1. The first-order chi connectivity index (χ1) is 8.95. The molecule has 0 saturated carbocycles. The van der Waals surface area contributed by atoms with Crippen LogP contribution in [-0.4, -0.2) is 33.5 Å². The van der Waals surface area contributed by atoms with Gasteiger partial charge in [0, 0.05) is 0 Å². The van der Waals surface area contributed by atoms with Crippen LogP contribution in [-0.2, 0) is 0 Å². The Balaban J connectivity index is 2.64. The van der Waals surface area contributed by atoms with Gasteiger partial charge in [-0.05, 0) is 24.6 Å². The van der Waals surface area contributed by atoms with Crippen molar-refractivity contribution in [2.75, 3.05) is 7.11 Å². The van der Waals surface area contributed by atoms with Gasteiger partial charge in [-0.1, -0.05) is 0 Å². The van der Waals surface area contributed by atoms with Crippen molar-refractivity contribution in [1.29, 1.82) is 0 Å². The van der Waals surface area contributed by atoms with Crippen molar-refractivity contribution in [3.05, 3.63) is 29.2 Å². The predicted octanol–water partition coefficient (Wildman–Crippen LogP) is 1.94. The molecule has 0 aliphatic heterocycles. The molecule has 2 aromatic rings. The minimum absolute atomic E-state index is 0.128. The van der Waals surface area contributed by atoms with Crippen molar-refractivity contribution in [3.63, 3.8) is 0 Å². The van der Waals surface area contributed by atoms with Gasteiger partial charge in [0.25, 0.3) is 0 Å². The van der Waals surface area contributed by atoms with E-state index in [1.165, 1.54) is 19.2 Å². The lowest BCUT2D eigenvalue weighted by atomic mass is 10.0. The molecule has 0 amide bonds. The van der Waals surface area contributed by atoms with Gasteiger partial charge in [-0.25, -0.2) is 9.18 Å². The van der Waals surface area contributed by atoms with Crippen molar-refractivity contribution in [2.24, 2.45) is 0 Å². The maximum absolute atomic E-state index is 13.5. The number of benzene rings is 1. The second kappa shape index (κ2) is 4.60. The summed E-state index contributed by atoms with van der Waals surface area (Å²) in [6.45, 7) is 1.58. The number of ether oxygens (including phenoxy) is 1. The fourth-order valence-electron chi connectivity index (χ4n) is 1.82. The van der Waals surface area contributed by atoms with Gasteiger partial charge in [0.1, 0.15) is 5.69 Å². The third-order valence-corrected chi connectivity index (χ3v) is 2.67. The third-order valence-electron chi connectivity index (χ3n) is 2.67. The molecule has 2 rings (SSSR count). The number of aromatic nitrogens is 2. The molecule has 0 aliphatic rings. The number of nitrogens with one attached hydrogen (secondary N) is 1. The molecular weight excluding hydrogens is 255 g/mol. The smallest absolute Gasteiger partial charge is 0.353 e. The number of halogens is 1. The summed E-state index contributed by atoms with van der Waals surface area (Å²) in [6, 6.07) is 2.44. The molecule has 0 atom stereocenters. The Hall–Kier alpha value is -2.57. The largest absolute Gasteiger partial charge is 0.504 e. The third kappa shape index (κ3) is 2.10. The van der Waals surface area contributed by atoms with Crippen LogP contribution in [0.25, 0.3) is 11.3 Å². The number of hydrogen-bond donors (Lipinski definition) is 3. The van der Waals surface area contributed by atoms with Gasteiger partial charge in [0.15, 0.2) is 17.3 Å². The van der Waals surface area contributed by atoms with Crippen LogP contribution in [0, 0.1) is 12.7 Å². The molecule has 3 N–H and O–H groups in total. The summed E-state index contributed by atoms with van der Waals surface area (Å²) < 4.78 is 18.3. The lowest BCUT2D eigenvalue weighted by Gasteiger charge is -2.11. The first-order valence-electron chi connectivity index (χ1n) is 5.30. The number of aryl methyl sites for hydroxylation is 1. The molecule has 1 aromatic heterocycles. The van der Waals surface area contributed by atoms with Gasteiger partial charge in [-0.15, -0.1) is 0 Å². The first-order valence-corrected chi connectivity index (χ1v) is 5.30. The van der Waals surface area contributed by atoms with Crippen LogP contribution >= 0.6 is 0 Å². The molecule has 0 radical (unpaired) electrons. The molecule has 0 unspecified atom stereocenters. The SMILES string of the molecule is COc1c(F)cc(C)c(-c2cc(C(=O)O)[nH]n2)c1O. The number of H-pyrrole nitrogens is 1. The van der Waals surface area contributed by atoms with E-state index in [0.717, 1.165) is 0 Å². The fourth-order valence-corrected chi connectivity index (χ4v) is 1.82. The number of phenols is 1. The minimum Gasteiger partial charge on any atom is -0.504 e. The van der Waals surface area contributed by atoms with E-state index in [1.54, 1.807) is 6.92 Å². The molecule has 0 fully saturated rings. The Bertz CT molecular complexity index is 651. The molecular formula is C12H11FN2O4. The Kier molecular flexibility index (Phi) is 3.12. The molecule has 6 nitrogen and oxygen atoms in total. The highest BCUT2D eigenvalue weighted by Gasteiger charge is 2.20. The maximum atomic E-state index is 13.5. The average Bonchev–Trinajstić information content (AvgIpc) is 2.78. The van der Waals surface area contributed by atoms with Crippen LogP contribution in [0.4, 0.5) is 4.39 Å². The fraction of sp³-hybridized carbons (Fsp3) is 0.167. The van der Waals surface area contributed by atoms with Crippen molar-refractivity contribution in [1.82, 2.24) is 10.2 Å². The van der Waals surface area contributed by atoms with Crippen molar-refractivity contribution >= 4 is 5.97 Å². The number of carboxylic acid groups (broad SMARTS) is 1. The Morgan fingerprint density at radius 3 is 2.68 bits per heavy atom. The number of aromatic hydroxyl groups is 1. The van der Waals surface area contributed by atoms with Gasteiger partial charge < -0.3 is 14.9 Å². The maximum Gasteiger partial charge on any atom is 0.353 e. The second-order valence-electron chi connectivity index (χ2n) is 3.90. The predicted molar refractivity (Wildman–Crippen MR) is 63.9 cm³/mol. The Morgan fingerprint density at radius 1 is 1.47 bits per heavy atom. The molecule has 100 valence electrons. The number of carbonyl (C=O) groups is 1. The molecule has 7 heteroatoms. The number of methoxy groups -OCH3 is 1. The van der Waals surface area contributed by atoms with Crippen LogP contribution < -0.4 is 4.74 Å². The summed E-state index contributed by atoms with van der Waals surface area (Å²) in [4.78, 5) is 10.8. The monoisotopic (exact) mass is 266 g/mol. The first kappa shape index (κ1) is 12.9. The summed E-state index contributed by atoms with van der Waals surface area (Å²) >= 11 is 0. The summed E-state index contributed by atoms with van der Waals surface area (Å²) in [5, 5.41) is 24.9. The van der Waals surface area contributed by atoms with Gasteiger partial charge in [-0.2, -0.15) is 5.10 Å². The number of carboxylic acids is 1. The van der Waals surface area contributed by atoms with E-state index in [-0.39, 0.29) is 22.7 Å². The normalized spacial score (nSPS) is 10.5. The van der Waals surface area contributed by atoms with Crippen LogP contribution in [0.2, 0.25) is 0 Å². The summed E-state index contributed by atoms with van der Waals surface area (Å²) in [7, 11) is 1.23. The summed E-state index contributed by atoms with van der Waals surface area (Å²) in [6.07, 6.45) is 0. The van der Waals surface area contributed by atoms with E-state index in [0.29, 0.717) is 5.56 Å². The number of hydrogen-bond acceptors (Lipinski definition) is 4. The summed E-state index contributed by atoms with van der Waals surface area (Å²) in [5.74, 6) is -2.59. The number of aromatic carboxylic acids is 1. The van der Waals surface area contributed by atoms with Crippen LogP contribution in [0.3, 0.4) is 0 Å². The minimum atomic E-state index is -1.18. The van der Waals surface area contributed by atoms with E-state index in [2.05, 4.69) is 10.2 Å². The average molecular weight is 266 g/mol. The zero-order valence-corrected chi connectivity index (χ0v) is 10.2. The van der Waals surface area contributed by atoms with Crippen molar-refractivity contribution in [3.8, 4) is 22.8 Å². The van der Waals surface area contributed by atoms with E-state index < -0.39 is 17.5 Å². The molecule has 0 aliphatic carbocycles. The molecule has 0 spiro atoms. The quantitative estimate of drug-likeness (QED) is 0.789. The number of phenolic OH excluding ortho intramolecular Hbond substituents is 1. The highest BCUT2D eigenvalue weighted by molar-refractivity contribution is 5.87. The zero-order chi connectivity index (χ0) is 14.2. The Morgan fingerprint density at radius 2 is 2.16 bits per heavy atom. The Labute approximate surface area is 107 Å². The number of nitrogens with zero attached hydrogens (tertiary/aromatic N) is 1. The van der Waals surface area contributed by atoms with E-state index >= 15 is 0 Å². The van der Waals surface area contributed by atoms with Crippen LogP contribution in [0.5, 0.6) is 11.5 Å². The molecule has 1 heterocycles. The highest BCUT2D eigenvalue weighted by Crippen LogP contribution is 2.40. The van der Waals surface area contributed by atoms with Crippen LogP contribution in [0.1, 0.15) is 16.1 Å². The van der Waals surface area contributed by atoms with E-state index in [4.69, 9.17) is 9.84 Å². The number of aromatic amines is 1. The molecule has 1 aromatic carbocycles. The van der Waals surface area contributed by atoms with Gasteiger partial charge in [0.05, 0.1) is 18.4 Å². The van der Waals surface area contributed by atoms with Gasteiger partial charge in [0.2, 0.25) is 0 Å². The standard InChI is InChI=1S/C12H11FN2O4/c1-5-3-6(13)11(19-2)10(16)9(5)7-4-8(12(17)18)15-14-7/h3-4,16H,1-2H3,(H,14,15)(H,17,18). The molecule has 0 saturated heterocycles. The van der Waals surface area contributed by atoms with Gasteiger partial charge in [-0.3, -0.25) is 5.10 Å². The van der Waals surface area contributed by atoms with Crippen LogP contribution in [0.15, 0.2) is 12.1 Å². The summed E-state index contributed by atoms with van der Waals surface area (Å²) in [5.41, 5.74) is 0.712. The zero-order valence-electron chi connectivity index (χ0n) is 10.2. The lowest BCUT2D eigenvalue weighted by molar-refractivity contribution is 0.0690. The topological polar surface area (TPSA) is 95.4 Å². The van der Waals surface area contributed by atoms with Crippen molar-refractivity contribution in [2.45, 2.75) is 6.92 Å². The molecule has 19 heavy (non-hydrogen) atoms. The van der Waals surface area contributed by atoms with Crippen molar-refractivity contribution < 1.29 is 24.1 Å². The molecule has 0 bridgehead atoms. The van der Waals surface area contributed by atoms with E-state index in [1.807, 2.05) is 0 Å². The second-order valence-corrected chi connectivity index (χ2v) is 3.90.